The van der Waals surface area contributed by atoms with Crippen LogP contribution in [-0.4, -0.2) is 10.9 Å². The maximum atomic E-state index is 13.3. The molecule has 2 rings (SSSR count). The van der Waals surface area contributed by atoms with Crippen molar-refractivity contribution in [2.75, 3.05) is 5.32 Å². The summed E-state index contributed by atoms with van der Waals surface area (Å²) in [6.07, 6.45) is 0.920. The van der Waals surface area contributed by atoms with E-state index in [9.17, 15) is 31.5 Å². The summed E-state index contributed by atoms with van der Waals surface area (Å²) < 4.78 is 65.4. The number of H-pyrrole nitrogens is 1. The van der Waals surface area contributed by atoms with Gasteiger partial charge in [-0.3, -0.25) is 9.59 Å². The van der Waals surface area contributed by atoms with Crippen molar-refractivity contribution in [2.24, 2.45) is 0 Å². The van der Waals surface area contributed by atoms with Gasteiger partial charge in [-0.25, -0.2) is 22.0 Å². The second-order valence-corrected chi connectivity index (χ2v) is 3.84. The Labute approximate surface area is 113 Å². The lowest BCUT2D eigenvalue weighted by atomic mass is 10.2. The summed E-state index contributed by atoms with van der Waals surface area (Å²) in [6, 6.07) is 1.97. The summed E-state index contributed by atoms with van der Waals surface area (Å²) in [4.78, 5) is 24.5. The van der Waals surface area contributed by atoms with Gasteiger partial charge in [-0.15, -0.1) is 0 Å². The monoisotopic (exact) mass is 304 g/mol. The minimum atomic E-state index is -2.33. The number of benzene rings is 1. The zero-order chi connectivity index (χ0) is 15.7. The van der Waals surface area contributed by atoms with Crippen LogP contribution in [-0.2, 0) is 0 Å². The number of carbonyl (C=O) groups excluding carboxylic acids is 1. The largest absolute Gasteiger partial charge is 0.328 e. The van der Waals surface area contributed by atoms with Crippen LogP contribution in [0.15, 0.2) is 23.1 Å². The molecule has 0 atom stereocenters. The van der Waals surface area contributed by atoms with E-state index in [1.54, 1.807) is 5.32 Å². The molecule has 2 N–H and O–H groups in total. The van der Waals surface area contributed by atoms with Crippen molar-refractivity contribution < 1.29 is 26.7 Å². The van der Waals surface area contributed by atoms with Crippen molar-refractivity contribution in [2.45, 2.75) is 0 Å². The SMILES string of the molecule is O=C(Nc1c(F)c(F)c(F)c(F)c1F)c1ccc(=O)[nH]c1. The third-order valence-electron chi connectivity index (χ3n) is 2.49. The van der Waals surface area contributed by atoms with E-state index in [-0.39, 0.29) is 5.56 Å². The van der Waals surface area contributed by atoms with Crippen LogP contribution in [0, 0.1) is 29.1 Å². The van der Waals surface area contributed by atoms with Crippen molar-refractivity contribution in [3.63, 3.8) is 0 Å². The molecule has 1 amide bonds. The van der Waals surface area contributed by atoms with Gasteiger partial charge in [0.2, 0.25) is 11.4 Å². The molecule has 0 unspecified atom stereocenters. The summed E-state index contributed by atoms with van der Waals surface area (Å²) >= 11 is 0. The number of hydrogen-bond donors (Lipinski definition) is 2. The highest BCUT2D eigenvalue weighted by Gasteiger charge is 2.27. The summed E-state index contributed by atoms with van der Waals surface area (Å²) in [7, 11) is 0. The lowest BCUT2D eigenvalue weighted by Crippen LogP contribution is -2.18. The van der Waals surface area contributed by atoms with Gasteiger partial charge in [0, 0.05) is 12.3 Å². The molecule has 0 saturated heterocycles. The third kappa shape index (κ3) is 2.62. The van der Waals surface area contributed by atoms with E-state index in [4.69, 9.17) is 0 Å². The number of nitrogens with one attached hydrogen (secondary N) is 2. The predicted octanol–water partition coefficient (Wildman–Crippen LogP) is 2.32. The van der Waals surface area contributed by atoms with Crippen LogP contribution in [0.2, 0.25) is 0 Å². The first kappa shape index (κ1) is 14.7. The van der Waals surface area contributed by atoms with Gasteiger partial charge in [0.05, 0.1) is 5.56 Å². The zero-order valence-corrected chi connectivity index (χ0v) is 9.94. The lowest BCUT2D eigenvalue weighted by Gasteiger charge is -2.09. The number of pyridine rings is 1. The highest BCUT2D eigenvalue weighted by Crippen LogP contribution is 2.27. The maximum absolute atomic E-state index is 13.3. The second-order valence-electron chi connectivity index (χ2n) is 3.84. The van der Waals surface area contributed by atoms with Gasteiger partial charge in [0.15, 0.2) is 23.3 Å². The molecular weight excluding hydrogens is 299 g/mol. The molecule has 2 aromatic rings. The van der Waals surface area contributed by atoms with Crippen LogP contribution < -0.4 is 10.9 Å². The van der Waals surface area contributed by atoms with Crippen LogP contribution in [0.4, 0.5) is 27.6 Å². The molecule has 0 aliphatic carbocycles. The average Bonchev–Trinajstić information content (AvgIpc) is 2.48. The number of aromatic amines is 1. The summed E-state index contributed by atoms with van der Waals surface area (Å²) in [5.74, 6) is -12.2. The minimum absolute atomic E-state index is 0.237. The quantitative estimate of drug-likeness (QED) is 0.508. The number of amides is 1. The number of anilines is 1. The summed E-state index contributed by atoms with van der Waals surface area (Å²) in [5, 5.41) is 1.57. The van der Waals surface area contributed by atoms with Crippen molar-refractivity contribution in [1.82, 2.24) is 4.98 Å². The van der Waals surface area contributed by atoms with Crippen LogP contribution in [0.3, 0.4) is 0 Å². The molecule has 9 heteroatoms. The van der Waals surface area contributed by atoms with Crippen LogP contribution >= 0.6 is 0 Å². The van der Waals surface area contributed by atoms with Gasteiger partial charge in [0.25, 0.3) is 5.91 Å². The Hall–Kier alpha value is -2.71. The second kappa shape index (κ2) is 5.35. The van der Waals surface area contributed by atoms with Gasteiger partial charge in [-0.2, -0.15) is 0 Å². The van der Waals surface area contributed by atoms with E-state index >= 15 is 0 Å². The third-order valence-corrected chi connectivity index (χ3v) is 2.49. The molecule has 1 aromatic carbocycles. The normalized spacial score (nSPS) is 10.5. The van der Waals surface area contributed by atoms with Crippen LogP contribution in [0.1, 0.15) is 10.4 Å². The first-order chi connectivity index (χ1) is 9.82. The molecule has 0 aliphatic heterocycles. The molecule has 0 spiro atoms. The average molecular weight is 304 g/mol. The van der Waals surface area contributed by atoms with E-state index in [0.29, 0.717) is 0 Å². The van der Waals surface area contributed by atoms with E-state index in [0.717, 1.165) is 18.3 Å². The molecule has 4 nitrogen and oxygen atoms in total. The maximum Gasteiger partial charge on any atom is 0.257 e. The topological polar surface area (TPSA) is 62.0 Å². The first-order valence-electron chi connectivity index (χ1n) is 5.34. The molecule has 1 aromatic heterocycles. The van der Waals surface area contributed by atoms with E-state index < -0.39 is 46.2 Å². The molecule has 110 valence electrons. The number of aromatic nitrogens is 1. The van der Waals surface area contributed by atoms with Gasteiger partial charge in [0.1, 0.15) is 5.69 Å². The van der Waals surface area contributed by atoms with Gasteiger partial charge >= 0.3 is 0 Å². The van der Waals surface area contributed by atoms with Crippen LogP contribution in [0.5, 0.6) is 0 Å². The minimum Gasteiger partial charge on any atom is -0.328 e. The number of rotatable bonds is 2. The molecule has 0 saturated carbocycles. The number of hydrogen-bond acceptors (Lipinski definition) is 2. The highest BCUT2D eigenvalue weighted by molar-refractivity contribution is 6.04. The Bertz CT molecular complexity index is 738. The molecular formula is C12H5F5N2O2. The summed E-state index contributed by atoms with van der Waals surface area (Å²) in [5.41, 5.74) is -2.25. The Kier molecular flexibility index (Phi) is 3.74. The zero-order valence-electron chi connectivity index (χ0n) is 9.94. The van der Waals surface area contributed by atoms with Crippen molar-refractivity contribution >= 4 is 11.6 Å². The lowest BCUT2D eigenvalue weighted by molar-refractivity contribution is 0.102. The molecule has 0 radical (unpaired) electrons. The molecule has 1 heterocycles. The smallest absolute Gasteiger partial charge is 0.257 e. The van der Waals surface area contributed by atoms with E-state index in [1.165, 1.54) is 0 Å². The Morgan fingerprint density at radius 3 is 1.90 bits per heavy atom. The van der Waals surface area contributed by atoms with E-state index in [2.05, 4.69) is 4.98 Å². The van der Waals surface area contributed by atoms with Gasteiger partial charge in [-0.1, -0.05) is 0 Å². The first-order valence-corrected chi connectivity index (χ1v) is 5.34. The number of carbonyl (C=O) groups is 1. The number of halogens is 5. The molecule has 21 heavy (non-hydrogen) atoms. The summed E-state index contributed by atoms with van der Waals surface area (Å²) in [6.45, 7) is 0. The van der Waals surface area contributed by atoms with E-state index in [1.807, 2.05) is 0 Å². The molecule has 0 bridgehead atoms. The van der Waals surface area contributed by atoms with Crippen LogP contribution in [0.25, 0.3) is 0 Å². The molecule has 0 aliphatic rings. The van der Waals surface area contributed by atoms with Crippen molar-refractivity contribution in [3.05, 3.63) is 63.3 Å². The predicted molar refractivity (Wildman–Crippen MR) is 61.2 cm³/mol. The highest BCUT2D eigenvalue weighted by atomic mass is 19.2. The fraction of sp³-hybridized carbons (Fsp3) is 0. The Balaban J connectivity index is 2.42. The fourth-order valence-electron chi connectivity index (χ4n) is 1.45. The molecule has 0 fully saturated rings. The standard InChI is InChI=1S/C12H5F5N2O2/c13-6-7(14)9(16)11(10(17)8(6)15)19-12(21)4-1-2-5(20)18-3-4/h1-3H,(H,18,20)(H,19,21). The van der Waals surface area contributed by atoms with Gasteiger partial charge < -0.3 is 10.3 Å². The van der Waals surface area contributed by atoms with Crippen molar-refractivity contribution in [3.8, 4) is 0 Å². The fourth-order valence-corrected chi connectivity index (χ4v) is 1.45. The van der Waals surface area contributed by atoms with Gasteiger partial charge in [-0.05, 0) is 6.07 Å². The Morgan fingerprint density at radius 2 is 1.43 bits per heavy atom. The Morgan fingerprint density at radius 1 is 0.905 bits per heavy atom. The van der Waals surface area contributed by atoms with Crippen molar-refractivity contribution in [1.29, 1.82) is 0 Å².